The molecule has 0 aromatic carbocycles. The van der Waals surface area contributed by atoms with Gasteiger partial charge in [0.15, 0.2) is 0 Å². The van der Waals surface area contributed by atoms with E-state index < -0.39 is 24.1 Å². The Morgan fingerprint density at radius 3 is 2.62 bits per heavy atom. The van der Waals surface area contributed by atoms with Crippen molar-refractivity contribution in [2.24, 2.45) is 0 Å². The van der Waals surface area contributed by atoms with Crippen LogP contribution >= 0.6 is 0 Å². The molecule has 1 rings (SSSR count). The maximum absolute atomic E-state index is 12.3. The monoisotopic (exact) mass is 194 g/mol. The number of carbonyl (C=O) groups is 1. The first-order valence-corrected chi connectivity index (χ1v) is 4.14. The van der Waals surface area contributed by atoms with E-state index in [0.29, 0.717) is 0 Å². The molecule has 0 aliphatic heterocycles. The summed E-state index contributed by atoms with van der Waals surface area (Å²) in [5.41, 5.74) is 0. The second-order valence-electron chi connectivity index (χ2n) is 3.43. The summed E-state index contributed by atoms with van der Waals surface area (Å²) in [6, 6.07) is 0. The fourth-order valence-electron chi connectivity index (χ4n) is 1.33. The molecule has 5 heteroatoms. The molecule has 0 saturated heterocycles. The van der Waals surface area contributed by atoms with Crippen LogP contribution < -0.4 is 0 Å². The molecule has 0 aromatic heterocycles. The molecule has 0 aromatic rings. The molecular formula is C8H12F2O3. The van der Waals surface area contributed by atoms with Crippen LogP contribution in [0.1, 0.15) is 26.2 Å². The van der Waals surface area contributed by atoms with Crippen LogP contribution in [0.3, 0.4) is 0 Å². The summed E-state index contributed by atoms with van der Waals surface area (Å²) in [4.78, 5) is 10.2. The van der Waals surface area contributed by atoms with Crippen molar-refractivity contribution in [3.8, 4) is 0 Å². The van der Waals surface area contributed by atoms with Crippen LogP contribution in [0.4, 0.5) is 8.78 Å². The molecular weight excluding hydrogens is 182 g/mol. The summed E-state index contributed by atoms with van der Waals surface area (Å²) in [6.45, 7) is 1.57. The van der Waals surface area contributed by atoms with E-state index in [1.807, 2.05) is 0 Å². The largest absolute Gasteiger partial charge is 0.481 e. The summed E-state index contributed by atoms with van der Waals surface area (Å²) in [6.07, 6.45) is -1.65. The number of ether oxygens (including phenoxy) is 1. The highest BCUT2D eigenvalue weighted by atomic mass is 19.3. The van der Waals surface area contributed by atoms with Crippen molar-refractivity contribution in [2.45, 2.75) is 44.3 Å². The summed E-state index contributed by atoms with van der Waals surface area (Å²) in [5.74, 6) is -3.58. The van der Waals surface area contributed by atoms with Gasteiger partial charge in [0.25, 0.3) is 5.92 Å². The van der Waals surface area contributed by atoms with Crippen molar-refractivity contribution in [1.82, 2.24) is 0 Å². The number of hydrogen-bond acceptors (Lipinski definition) is 2. The Labute approximate surface area is 74.7 Å². The van der Waals surface area contributed by atoms with Crippen LogP contribution in [0, 0.1) is 0 Å². The van der Waals surface area contributed by atoms with Gasteiger partial charge in [-0.2, -0.15) is 0 Å². The highest BCUT2D eigenvalue weighted by Gasteiger charge is 2.46. The molecule has 0 bridgehead atoms. The molecule has 1 saturated carbocycles. The predicted octanol–water partition coefficient (Wildman–Crippen LogP) is 1.66. The Balaban J connectivity index is 2.16. The first-order chi connectivity index (χ1) is 5.89. The van der Waals surface area contributed by atoms with E-state index in [4.69, 9.17) is 9.84 Å². The van der Waals surface area contributed by atoms with E-state index in [2.05, 4.69) is 0 Å². The van der Waals surface area contributed by atoms with Gasteiger partial charge in [0.2, 0.25) is 0 Å². The Morgan fingerprint density at radius 1 is 1.69 bits per heavy atom. The second kappa shape index (κ2) is 3.57. The molecule has 1 aliphatic carbocycles. The Bertz CT molecular complexity index is 198. The number of alkyl halides is 2. The number of aliphatic carboxylic acids is 1. The minimum Gasteiger partial charge on any atom is -0.481 e. The van der Waals surface area contributed by atoms with E-state index in [0.717, 1.165) is 0 Å². The number of rotatable bonds is 4. The van der Waals surface area contributed by atoms with Gasteiger partial charge in [-0.25, -0.2) is 8.78 Å². The normalized spacial score (nSPS) is 23.6. The zero-order valence-corrected chi connectivity index (χ0v) is 7.30. The van der Waals surface area contributed by atoms with Crippen molar-refractivity contribution >= 4 is 5.97 Å². The molecule has 0 heterocycles. The molecule has 0 radical (unpaired) electrons. The average molecular weight is 194 g/mol. The quantitative estimate of drug-likeness (QED) is 0.740. The topological polar surface area (TPSA) is 46.5 Å². The molecule has 0 unspecified atom stereocenters. The standard InChI is InChI=1S/C8H12F2O3/c1-5(2-7(11)12)13-6-3-8(9,10)4-6/h5-6H,2-4H2,1H3,(H,11,12)/t5-/m1/s1. The molecule has 0 amide bonds. The number of hydrogen-bond donors (Lipinski definition) is 1. The van der Waals surface area contributed by atoms with Gasteiger partial charge in [-0.15, -0.1) is 0 Å². The van der Waals surface area contributed by atoms with Crippen LogP contribution in [0.15, 0.2) is 0 Å². The van der Waals surface area contributed by atoms with E-state index >= 15 is 0 Å². The molecule has 1 fully saturated rings. The molecule has 3 nitrogen and oxygen atoms in total. The lowest BCUT2D eigenvalue weighted by molar-refractivity contribution is -0.182. The van der Waals surface area contributed by atoms with Crippen molar-refractivity contribution < 1.29 is 23.4 Å². The molecule has 76 valence electrons. The third-order valence-corrected chi connectivity index (χ3v) is 1.94. The predicted molar refractivity (Wildman–Crippen MR) is 40.8 cm³/mol. The summed E-state index contributed by atoms with van der Waals surface area (Å²) in [5, 5.41) is 8.36. The van der Waals surface area contributed by atoms with E-state index in [1.165, 1.54) is 0 Å². The van der Waals surface area contributed by atoms with Crippen LogP contribution in [0.25, 0.3) is 0 Å². The molecule has 1 aliphatic rings. The van der Waals surface area contributed by atoms with Gasteiger partial charge < -0.3 is 9.84 Å². The maximum atomic E-state index is 12.3. The van der Waals surface area contributed by atoms with Gasteiger partial charge in [-0.1, -0.05) is 0 Å². The van der Waals surface area contributed by atoms with Crippen LogP contribution in [0.5, 0.6) is 0 Å². The SMILES string of the molecule is C[C@H](CC(=O)O)OC1CC(F)(F)C1. The molecule has 13 heavy (non-hydrogen) atoms. The summed E-state index contributed by atoms with van der Waals surface area (Å²) in [7, 11) is 0. The van der Waals surface area contributed by atoms with Crippen molar-refractivity contribution in [2.75, 3.05) is 0 Å². The van der Waals surface area contributed by atoms with Crippen LogP contribution in [-0.2, 0) is 9.53 Å². The lowest BCUT2D eigenvalue weighted by Crippen LogP contribution is -2.43. The smallest absolute Gasteiger partial charge is 0.305 e. The van der Waals surface area contributed by atoms with Crippen molar-refractivity contribution in [1.29, 1.82) is 0 Å². The number of halogens is 2. The fraction of sp³-hybridized carbons (Fsp3) is 0.875. The molecule has 1 atom stereocenters. The third-order valence-electron chi connectivity index (χ3n) is 1.94. The second-order valence-corrected chi connectivity index (χ2v) is 3.43. The molecule has 0 spiro atoms. The first-order valence-electron chi connectivity index (χ1n) is 4.14. The van der Waals surface area contributed by atoms with Gasteiger partial charge >= 0.3 is 5.97 Å². The summed E-state index contributed by atoms with van der Waals surface area (Å²) < 4.78 is 29.7. The Hall–Kier alpha value is -0.710. The average Bonchev–Trinajstić information content (AvgIpc) is 1.79. The minimum atomic E-state index is -2.60. The van der Waals surface area contributed by atoms with Crippen molar-refractivity contribution in [3.63, 3.8) is 0 Å². The van der Waals surface area contributed by atoms with Gasteiger partial charge in [0.1, 0.15) is 0 Å². The lowest BCUT2D eigenvalue weighted by Gasteiger charge is -2.36. The van der Waals surface area contributed by atoms with Gasteiger partial charge in [-0.05, 0) is 6.92 Å². The van der Waals surface area contributed by atoms with Crippen LogP contribution in [0.2, 0.25) is 0 Å². The maximum Gasteiger partial charge on any atom is 0.305 e. The van der Waals surface area contributed by atoms with E-state index in [1.54, 1.807) is 6.92 Å². The van der Waals surface area contributed by atoms with E-state index in [-0.39, 0.29) is 19.3 Å². The van der Waals surface area contributed by atoms with E-state index in [9.17, 15) is 13.6 Å². The lowest BCUT2D eigenvalue weighted by atomic mass is 9.91. The third kappa shape index (κ3) is 3.26. The van der Waals surface area contributed by atoms with Gasteiger partial charge in [0.05, 0.1) is 18.6 Å². The van der Waals surface area contributed by atoms with Gasteiger partial charge in [-0.3, -0.25) is 4.79 Å². The molecule has 1 N–H and O–H groups in total. The Kier molecular flexibility index (Phi) is 2.85. The number of carboxylic acid groups (broad SMARTS) is 1. The zero-order chi connectivity index (χ0) is 10.1. The zero-order valence-electron chi connectivity index (χ0n) is 7.30. The highest BCUT2D eigenvalue weighted by molar-refractivity contribution is 5.67. The number of carboxylic acids is 1. The highest BCUT2D eigenvalue weighted by Crippen LogP contribution is 2.39. The first kappa shape index (κ1) is 10.4. The van der Waals surface area contributed by atoms with Crippen molar-refractivity contribution in [3.05, 3.63) is 0 Å². The summed E-state index contributed by atoms with van der Waals surface area (Å²) >= 11 is 0. The minimum absolute atomic E-state index is 0.137. The fourth-order valence-corrected chi connectivity index (χ4v) is 1.33. The van der Waals surface area contributed by atoms with Crippen LogP contribution in [-0.4, -0.2) is 29.2 Å². The van der Waals surface area contributed by atoms with Gasteiger partial charge in [0, 0.05) is 12.8 Å². The Morgan fingerprint density at radius 2 is 2.23 bits per heavy atom.